The van der Waals surface area contributed by atoms with Crippen molar-refractivity contribution in [1.82, 2.24) is 25.2 Å². The highest BCUT2D eigenvalue weighted by atomic mass is 79.9. The molecule has 3 amide bonds. The summed E-state index contributed by atoms with van der Waals surface area (Å²) >= 11 is 3.44. The topological polar surface area (TPSA) is 106 Å². The molecule has 0 saturated carbocycles. The molecule has 1 fully saturated rings. The predicted molar refractivity (Wildman–Crippen MR) is 116 cm³/mol. The van der Waals surface area contributed by atoms with Gasteiger partial charge in [-0.05, 0) is 52.2 Å². The van der Waals surface area contributed by atoms with Gasteiger partial charge in [0.25, 0.3) is 5.91 Å². The summed E-state index contributed by atoms with van der Waals surface area (Å²) in [5, 5.41) is 10.6. The lowest BCUT2D eigenvalue weighted by Gasteiger charge is -2.29. The smallest absolute Gasteiger partial charge is 0.255 e. The van der Waals surface area contributed by atoms with Crippen molar-refractivity contribution >= 4 is 33.7 Å². The number of hydrogen-bond acceptors (Lipinski definition) is 6. The van der Waals surface area contributed by atoms with E-state index < -0.39 is 11.9 Å². The lowest BCUT2D eigenvalue weighted by Crippen LogP contribution is -2.52. The number of imide groups is 1. The fourth-order valence-electron chi connectivity index (χ4n) is 3.89. The Labute approximate surface area is 191 Å². The SMILES string of the molecule is O=C1CCC(N2Cc3ccc(-n4cc(COc5ccccc5Br)nn4)cc3C2=O)C(=O)N1. The lowest BCUT2D eigenvalue weighted by molar-refractivity contribution is -0.136. The second-order valence-electron chi connectivity index (χ2n) is 7.61. The van der Waals surface area contributed by atoms with Crippen LogP contribution in [0.5, 0.6) is 5.75 Å². The van der Waals surface area contributed by atoms with Gasteiger partial charge >= 0.3 is 0 Å². The van der Waals surface area contributed by atoms with E-state index in [1.807, 2.05) is 36.4 Å². The summed E-state index contributed by atoms with van der Waals surface area (Å²) in [5.74, 6) is -0.246. The molecule has 10 heteroatoms. The number of hydrogen-bond donors (Lipinski definition) is 1. The molecule has 0 bridgehead atoms. The number of ether oxygens (including phenoxy) is 1. The van der Waals surface area contributed by atoms with Crippen LogP contribution < -0.4 is 10.1 Å². The number of carbonyl (C=O) groups is 3. The highest BCUT2D eigenvalue weighted by molar-refractivity contribution is 9.10. The number of piperidine rings is 1. The molecule has 0 aliphatic carbocycles. The molecule has 1 aromatic heterocycles. The Hall–Kier alpha value is -3.53. The zero-order valence-corrected chi connectivity index (χ0v) is 18.4. The number of nitrogens with zero attached hydrogens (tertiary/aromatic N) is 4. The molecule has 1 saturated heterocycles. The molecule has 2 aliphatic heterocycles. The van der Waals surface area contributed by atoms with Crippen LogP contribution in [-0.2, 0) is 22.7 Å². The molecule has 1 N–H and O–H groups in total. The molecule has 1 unspecified atom stereocenters. The van der Waals surface area contributed by atoms with Crippen LogP contribution in [0.1, 0.15) is 34.5 Å². The third-order valence-electron chi connectivity index (χ3n) is 5.53. The van der Waals surface area contributed by atoms with Crippen LogP contribution in [0, 0.1) is 0 Å². The monoisotopic (exact) mass is 495 g/mol. The van der Waals surface area contributed by atoms with Crippen LogP contribution in [0.2, 0.25) is 0 Å². The summed E-state index contributed by atoms with van der Waals surface area (Å²) in [5.41, 5.74) is 2.68. The Morgan fingerprint density at radius 2 is 2.00 bits per heavy atom. The van der Waals surface area contributed by atoms with E-state index in [4.69, 9.17) is 4.74 Å². The maximum atomic E-state index is 13.0. The third-order valence-corrected chi connectivity index (χ3v) is 6.18. The van der Waals surface area contributed by atoms with E-state index in [9.17, 15) is 14.4 Å². The zero-order chi connectivity index (χ0) is 22.2. The molecular formula is C22H18BrN5O4. The number of carbonyl (C=O) groups excluding carboxylic acids is 3. The molecule has 9 nitrogen and oxygen atoms in total. The summed E-state index contributed by atoms with van der Waals surface area (Å²) in [6.07, 6.45) is 2.31. The highest BCUT2D eigenvalue weighted by Crippen LogP contribution is 2.29. The second-order valence-corrected chi connectivity index (χ2v) is 8.47. The van der Waals surface area contributed by atoms with Gasteiger partial charge in [-0.25, -0.2) is 4.68 Å². The minimum absolute atomic E-state index is 0.227. The first-order chi connectivity index (χ1) is 15.5. The molecule has 1 atom stereocenters. The Balaban J connectivity index is 1.31. The average Bonchev–Trinajstić information content (AvgIpc) is 3.38. The summed E-state index contributed by atoms with van der Waals surface area (Å²) in [6, 6.07) is 12.4. The van der Waals surface area contributed by atoms with Crippen molar-refractivity contribution in [3.05, 3.63) is 70.0 Å². The van der Waals surface area contributed by atoms with Gasteiger partial charge < -0.3 is 9.64 Å². The van der Waals surface area contributed by atoms with E-state index in [0.29, 0.717) is 35.7 Å². The number of aromatic nitrogens is 3. The van der Waals surface area contributed by atoms with Crippen LogP contribution in [0.15, 0.2) is 53.1 Å². The van der Waals surface area contributed by atoms with Gasteiger partial charge in [0.15, 0.2) is 0 Å². The predicted octanol–water partition coefficient (Wildman–Crippen LogP) is 2.37. The molecule has 162 valence electrons. The molecule has 2 aromatic carbocycles. The quantitative estimate of drug-likeness (QED) is 0.544. The minimum Gasteiger partial charge on any atom is -0.486 e. The van der Waals surface area contributed by atoms with Gasteiger partial charge in [0.05, 0.1) is 16.4 Å². The number of halogens is 1. The summed E-state index contributed by atoms with van der Waals surface area (Å²) < 4.78 is 8.21. The van der Waals surface area contributed by atoms with Crippen molar-refractivity contribution < 1.29 is 19.1 Å². The van der Waals surface area contributed by atoms with Crippen LogP contribution in [0.3, 0.4) is 0 Å². The number of rotatable bonds is 5. The molecule has 3 heterocycles. The Kier molecular flexibility index (Phi) is 5.22. The molecule has 2 aliphatic rings. The van der Waals surface area contributed by atoms with Crippen molar-refractivity contribution in [2.24, 2.45) is 0 Å². The maximum Gasteiger partial charge on any atom is 0.255 e. The third kappa shape index (κ3) is 3.77. The van der Waals surface area contributed by atoms with Crippen LogP contribution in [-0.4, -0.2) is 43.7 Å². The summed E-state index contributed by atoms with van der Waals surface area (Å²) in [7, 11) is 0. The van der Waals surface area contributed by atoms with Crippen molar-refractivity contribution in [2.45, 2.75) is 32.0 Å². The van der Waals surface area contributed by atoms with Gasteiger partial charge in [0.1, 0.15) is 24.1 Å². The number of fused-ring (bicyclic) bond motifs is 1. The average molecular weight is 496 g/mol. The number of nitrogens with one attached hydrogen (secondary N) is 1. The first-order valence-electron chi connectivity index (χ1n) is 10.1. The number of amides is 3. The molecule has 0 spiro atoms. The van der Waals surface area contributed by atoms with E-state index >= 15 is 0 Å². The van der Waals surface area contributed by atoms with Crippen molar-refractivity contribution in [2.75, 3.05) is 0 Å². The van der Waals surface area contributed by atoms with Gasteiger partial charge in [0, 0.05) is 18.5 Å². The fraction of sp³-hybridized carbons (Fsp3) is 0.227. The molecule has 0 radical (unpaired) electrons. The van der Waals surface area contributed by atoms with Gasteiger partial charge in [0.2, 0.25) is 11.8 Å². The van der Waals surface area contributed by atoms with Gasteiger partial charge in [-0.15, -0.1) is 5.10 Å². The van der Waals surface area contributed by atoms with E-state index in [0.717, 1.165) is 10.0 Å². The van der Waals surface area contributed by atoms with E-state index in [-0.39, 0.29) is 24.8 Å². The van der Waals surface area contributed by atoms with Gasteiger partial charge in [-0.2, -0.15) is 0 Å². The van der Waals surface area contributed by atoms with Crippen LogP contribution in [0.25, 0.3) is 5.69 Å². The van der Waals surface area contributed by atoms with Crippen LogP contribution >= 0.6 is 15.9 Å². The fourth-order valence-corrected chi connectivity index (χ4v) is 4.29. The second kappa shape index (κ2) is 8.19. The summed E-state index contributed by atoms with van der Waals surface area (Å²) in [6.45, 7) is 0.582. The van der Waals surface area contributed by atoms with Crippen LogP contribution in [0.4, 0.5) is 0 Å². The van der Waals surface area contributed by atoms with Crippen molar-refractivity contribution in [3.63, 3.8) is 0 Å². The molecule has 3 aromatic rings. The van der Waals surface area contributed by atoms with E-state index in [1.165, 1.54) is 4.90 Å². The highest BCUT2D eigenvalue weighted by Gasteiger charge is 2.39. The van der Waals surface area contributed by atoms with Crippen molar-refractivity contribution in [3.8, 4) is 11.4 Å². The first-order valence-corrected chi connectivity index (χ1v) is 10.9. The number of benzene rings is 2. The van der Waals surface area contributed by atoms with Gasteiger partial charge in [-0.3, -0.25) is 19.7 Å². The van der Waals surface area contributed by atoms with E-state index in [2.05, 4.69) is 31.6 Å². The zero-order valence-electron chi connectivity index (χ0n) is 16.8. The normalized spacial score (nSPS) is 18.0. The van der Waals surface area contributed by atoms with Crippen molar-refractivity contribution in [1.29, 1.82) is 0 Å². The molecule has 32 heavy (non-hydrogen) atoms. The number of para-hydroxylation sites is 1. The Bertz CT molecular complexity index is 1240. The summed E-state index contributed by atoms with van der Waals surface area (Å²) in [4.78, 5) is 38.1. The maximum absolute atomic E-state index is 13.0. The standard InChI is InChI=1S/C22H18BrN5O4/c23-17-3-1-2-4-19(17)32-12-14-11-28(26-25-14)15-6-5-13-10-27(22(31)16(13)9-15)18-7-8-20(29)24-21(18)30/h1-6,9,11,18H,7-8,10,12H2,(H,24,29,30). The van der Waals surface area contributed by atoms with E-state index in [1.54, 1.807) is 16.9 Å². The Morgan fingerprint density at radius 3 is 2.81 bits per heavy atom. The van der Waals surface area contributed by atoms with Gasteiger partial charge in [-0.1, -0.05) is 23.4 Å². The first kappa shape index (κ1) is 20.4. The lowest BCUT2D eigenvalue weighted by atomic mass is 10.0. The Morgan fingerprint density at radius 1 is 1.16 bits per heavy atom. The minimum atomic E-state index is -0.636. The largest absolute Gasteiger partial charge is 0.486 e. The molecule has 5 rings (SSSR count). The molecular weight excluding hydrogens is 478 g/mol.